The Morgan fingerprint density at radius 1 is 1.42 bits per heavy atom. The number of ether oxygens (including phenoxy) is 1. The van der Waals surface area contributed by atoms with Crippen molar-refractivity contribution < 1.29 is 14.3 Å². The van der Waals surface area contributed by atoms with Crippen LogP contribution in [0.4, 0.5) is 5.13 Å². The summed E-state index contributed by atoms with van der Waals surface area (Å²) in [5, 5.41) is 11.1. The van der Waals surface area contributed by atoms with E-state index in [1.54, 1.807) is 25.3 Å². The Balaban J connectivity index is 1.82. The number of carbonyl (C=O) groups is 2. The number of esters is 1. The number of carbonyl (C=O) groups excluding carboxylic acids is 2. The van der Waals surface area contributed by atoms with Crippen LogP contribution < -0.4 is 5.32 Å². The molecule has 0 aliphatic carbocycles. The highest BCUT2D eigenvalue weighted by Gasteiger charge is 2.11. The molecule has 0 saturated heterocycles. The Morgan fingerprint density at radius 2 is 2.26 bits per heavy atom. The van der Waals surface area contributed by atoms with Crippen molar-refractivity contribution in [3.8, 4) is 0 Å². The lowest BCUT2D eigenvalue weighted by Crippen LogP contribution is -2.20. The molecule has 0 spiro atoms. The summed E-state index contributed by atoms with van der Waals surface area (Å²) >= 11 is 1.24. The van der Waals surface area contributed by atoms with Crippen LogP contribution in [-0.4, -0.2) is 33.7 Å². The lowest BCUT2D eigenvalue weighted by Gasteiger charge is -2.03. The molecule has 0 radical (unpaired) electrons. The molecular weight excluding hydrogens is 268 g/mol. The number of nitrogens with one attached hydrogen (secondary N) is 1. The van der Waals surface area contributed by atoms with Crippen molar-refractivity contribution in [3.05, 3.63) is 35.1 Å². The summed E-state index contributed by atoms with van der Waals surface area (Å²) in [6.07, 6.45) is 2.91. The minimum atomic E-state index is -0.600. The zero-order valence-electron chi connectivity index (χ0n) is 9.99. The first-order chi connectivity index (χ1) is 9.15. The SMILES string of the molecule is Cc1nnc(NC(=O)COC(=O)c2cccnc2)s1. The smallest absolute Gasteiger partial charge is 0.340 e. The van der Waals surface area contributed by atoms with Crippen LogP contribution in [0.2, 0.25) is 0 Å². The summed E-state index contributed by atoms with van der Waals surface area (Å²) in [7, 11) is 0. The van der Waals surface area contributed by atoms with Crippen LogP contribution in [0, 0.1) is 6.92 Å². The molecule has 8 heteroatoms. The van der Waals surface area contributed by atoms with Crippen LogP contribution in [0.15, 0.2) is 24.5 Å². The van der Waals surface area contributed by atoms with E-state index in [2.05, 4.69) is 20.5 Å². The molecule has 0 atom stereocenters. The Hall–Kier alpha value is -2.35. The van der Waals surface area contributed by atoms with Crippen molar-refractivity contribution >= 4 is 28.3 Å². The first kappa shape index (κ1) is 13.1. The molecule has 98 valence electrons. The van der Waals surface area contributed by atoms with Gasteiger partial charge >= 0.3 is 5.97 Å². The molecular formula is C11H10N4O3S. The largest absolute Gasteiger partial charge is 0.452 e. The number of pyridine rings is 1. The summed E-state index contributed by atoms with van der Waals surface area (Å²) < 4.78 is 4.83. The number of hydrogen-bond donors (Lipinski definition) is 1. The second kappa shape index (κ2) is 6.01. The summed E-state index contributed by atoms with van der Waals surface area (Å²) in [4.78, 5) is 26.8. The predicted molar refractivity (Wildman–Crippen MR) is 67.8 cm³/mol. The van der Waals surface area contributed by atoms with E-state index >= 15 is 0 Å². The third-order valence-electron chi connectivity index (χ3n) is 2.00. The highest BCUT2D eigenvalue weighted by molar-refractivity contribution is 7.15. The molecule has 7 nitrogen and oxygen atoms in total. The van der Waals surface area contributed by atoms with Crippen LogP contribution in [0.5, 0.6) is 0 Å². The van der Waals surface area contributed by atoms with Gasteiger partial charge in [-0.05, 0) is 19.1 Å². The van der Waals surface area contributed by atoms with Crippen molar-refractivity contribution in [3.63, 3.8) is 0 Å². The zero-order chi connectivity index (χ0) is 13.7. The van der Waals surface area contributed by atoms with E-state index in [9.17, 15) is 9.59 Å². The van der Waals surface area contributed by atoms with E-state index in [-0.39, 0.29) is 6.61 Å². The molecule has 0 saturated carbocycles. The van der Waals surface area contributed by atoms with E-state index in [4.69, 9.17) is 4.74 Å². The topological polar surface area (TPSA) is 94.1 Å². The Kier molecular flexibility index (Phi) is 4.14. The number of amides is 1. The van der Waals surface area contributed by atoms with Gasteiger partial charge in [0.05, 0.1) is 5.56 Å². The van der Waals surface area contributed by atoms with Crippen molar-refractivity contribution in [2.75, 3.05) is 11.9 Å². The fourth-order valence-corrected chi connectivity index (χ4v) is 1.81. The molecule has 0 fully saturated rings. The molecule has 0 unspecified atom stereocenters. The Morgan fingerprint density at radius 3 is 2.89 bits per heavy atom. The zero-order valence-corrected chi connectivity index (χ0v) is 10.8. The maximum atomic E-state index is 11.5. The van der Waals surface area contributed by atoms with Gasteiger partial charge in [-0.2, -0.15) is 0 Å². The van der Waals surface area contributed by atoms with Crippen molar-refractivity contribution in [1.29, 1.82) is 0 Å². The summed E-state index contributed by atoms with van der Waals surface area (Å²) in [6.45, 7) is 1.39. The van der Waals surface area contributed by atoms with Crippen LogP contribution >= 0.6 is 11.3 Å². The monoisotopic (exact) mass is 278 g/mol. The molecule has 2 aromatic heterocycles. The van der Waals surface area contributed by atoms with E-state index in [0.717, 1.165) is 5.01 Å². The number of aromatic nitrogens is 3. The van der Waals surface area contributed by atoms with Crippen LogP contribution in [0.1, 0.15) is 15.4 Å². The van der Waals surface area contributed by atoms with Gasteiger partial charge in [-0.3, -0.25) is 15.1 Å². The van der Waals surface area contributed by atoms with Gasteiger partial charge in [-0.15, -0.1) is 10.2 Å². The van der Waals surface area contributed by atoms with Gasteiger partial charge < -0.3 is 4.74 Å². The molecule has 2 rings (SSSR count). The summed E-state index contributed by atoms with van der Waals surface area (Å²) in [5.41, 5.74) is 0.294. The lowest BCUT2D eigenvalue weighted by atomic mass is 10.3. The molecule has 2 aromatic rings. The maximum Gasteiger partial charge on any atom is 0.340 e. The number of anilines is 1. The fourth-order valence-electron chi connectivity index (χ4n) is 1.20. The molecule has 0 aliphatic rings. The van der Waals surface area contributed by atoms with E-state index in [1.807, 2.05) is 0 Å². The van der Waals surface area contributed by atoms with Gasteiger partial charge in [0.25, 0.3) is 5.91 Å². The highest BCUT2D eigenvalue weighted by Crippen LogP contribution is 2.13. The average molecular weight is 278 g/mol. The minimum absolute atomic E-state index is 0.294. The van der Waals surface area contributed by atoms with Crippen LogP contribution in [0.25, 0.3) is 0 Å². The molecule has 19 heavy (non-hydrogen) atoms. The standard InChI is InChI=1S/C11H10N4O3S/c1-7-14-15-11(19-7)13-9(16)6-18-10(17)8-3-2-4-12-5-8/h2-5H,6H2,1H3,(H,13,15,16). The Labute approximate surface area is 112 Å². The van der Waals surface area contributed by atoms with E-state index in [1.165, 1.54) is 17.5 Å². The van der Waals surface area contributed by atoms with Crippen LogP contribution in [-0.2, 0) is 9.53 Å². The molecule has 1 amide bonds. The van der Waals surface area contributed by atoms with Crippen molar-refractivity contribution in [2.45, 2.75) is 6.92 Å². The Bertz CT molecular complexity index is 585. The quantitative estimate of drug-likeness (QED) is 0.840. The third kappa shape index (κ3) is 3.81. The van der Waals surface area contributed by atoms with Gasteiger partial charge in [0.2, 0.25) is 5.13 Å². The highest BCUT2D eigenvalue weighted by atomic mass is 32.1. The van der Waals surface area contributed by atoms with Crippen molar-refractivity contribution in [2.24, 2.45) is 0 Å². The maximum absolute atomic E-state index is 11.5. The number of nitrogens with zero attached hydrogens (tertiary/aromatic N) is 3. The fraction of sp³-hybridized carbons (Fsp3) is 0.182. The first-order valence-electron chi connectivity index (χ1n) is 5.32. The molecule has 0 aliphatic heterocycles. The number of hydrogen-bond acceptors (Lipinski definition) is 7. The predicted octanol–water partition coefficient (Wildman–Crippen LogP) is 1.04. The molecule has 2 heterocycles. The van der Waals surface area contributed by atoms with Gasteiger partial charge in [0.1, 0.15) is 5.01 Å². The van der Waals surface area contributed by atoms with Gasteiger partial charge in [0.15, 0.2) is 6.61 Å². The van der Waals surface area contributed by atoms with Gasteiger partial charge in [-0.1, -0.05) is 11.3 Å². The minimum Gasteiger partial charge on any atom is -0.452 e. The van der Waals surface area contributed by atoms with Crippen molar-refractivity contribution in [1.82, 2.24) is 15.2 Å². The van der Waals surface area contributed by atoms with Crippen LogP contribution in [0.3, 0.4) is 0 Å². The van der Waals surface area contributed by atoms with Gasteiger partial charge in [-0.25, -0.2) is 4.79 Å². The molecule has 0 bridgehead atoms. The second-order valence-electron chi connectivity index (χ2n) is 3.49. The van der Waals surface area contributed by atoms with E-state index in [0.29, 0.717) is 10.7 Å². The second-order valence-corrected chi connectivity index (χ2v) is 4.67. The number of aryl methyl sites for hydroxylation is 1. The lowest BCUT2D eigenvalue weighted by molar-refractivity contribution is -0.119. The van der Waals surface area contributed by atoms with E-state index < -0.39 is 11.9 Å². The average Bonchev–Trinajstić information content (AvgIpc) is 2.82. The normalized spacial score (nSPS) is 9.95. The molecule has 1 N–H and O–H groups in total. The third-order valence-corrected chi connectivity index (χ3v) is 2.76. The number of rotatable bonds is 4. The molecule has 0 aromatic carbocycles. The summed E-state index contributed by atoms with van der Waals surface area (Å²) in [5.74, 6) is -1.06. The summed E-state index contributed by atoms with van der Waals surface area (Å²) in [6, 6.07) is 3.17. The first-order valence-corrected chi connectivity index (χ1v) is 6.14. The van der Waals surface area contributed by atoms with Gasteiger partial charge in [0, 0.05) is 12.4 Å².